The predicted molar refractivity (Wildman–Crippen MR) is 92.5 cm³/mol. The van der Waals surface area contributed by atoms with Crippen LogP contribution in [-0.4, -0.2) is 41.2 Å². The third-order valence-electron chi connectivity index (χ3n) is 7.23. The Hall–Kier alpha value is -1.64. The number of aliphatic hydroxyl groups is 1. The average molecular weight is 397 g/mol. The molecule has 4 saturated heterocycles. The van der Waals surface area contributed by atoms with Crippen LogP contribution in [0.5, 0.6) is 0 Å². The van der Waals surface area contributed by atoms with E-state index in [9.17, 15) is 23.1 Å². The van der Waals surface area contributed by atoms with Crippen LogP contribution in [0.25, 0.3) is 0 Å². The number of carbonyl (C=O) groups excluding carboxylic acids is 1. The second kappa shape index (κ2) is 5.49. The summed E-state index contributed by atoms with van der Waals surface area (Å²) in [5.74, 6) is -1.22. The molecule has 5 rings (SSSR count). The molecule has 0 unspecified atom stereocenters. The SMILES string of the molecule is CC[C@@]12O[C@]3(CCO[C@@H]4[C@H]3[C@H]1C(=O)N4c1ccc(C)c(C(F)(F)F)c1)C[C@@H]2O. The van der Waals surface area contributed by atoms with Crippen LogP contribution in [0.3, 0.4) is 0 Å². The van der Waals surface area contributed by atoms with E-state index in [1.54, 1.807) is 0 Å². The maximum Gasteiger partial charge on any atom is 0.416 e. The average Bonchev–Trinajstić information content (AvgIpc) is 3.20. The van der Waals surface area contributed by atoms with E-state index in [1.165, 1.54) is 24.0 Å². The zero-order valence-electron chi connectivity index (χ0n) is 15.6. The molecule has 8 heteroatoms. The number of halogens is 3. The standard InChI is InChI=1S/C20H22F3NO4/c1-3-19-13(25)9-18(28-19)6-7-27-17-15(18)14(19)16(26)24(17)11-5-4-10(2)12(8-11)20(21,22)23/h4-5,8,13-15,17,25H,3,6-7,9H2,1-2H3/t13-,14-,15+,17+,18+,19-/m0/s1. The Kier molecular flexibility index (Phi) is 3.61. The van der Waals surface area contributed by atoms with Gasteiger partial charge in [0.05, 0.1) is 29.8 Å². The van der Waals surface area contributed by atoms with Gasteiger partial charge in [0.15, 0.2) is 0 Å². The number of fused-ring (bicyclic) bond motifs is 2. The van der Waals surface area contributed by atoms with E-state index in [2.05, 4.69) is 0 Å². The molecule has 1 aromatic rings. The Morgan fingerprint density at radius 3 is 2.79 bits per heavy atom. The first-order valence-corrected chi connectivity index (χ1v) is 9.65. The highest BCUT2D eigenvalue weighted by molar-refractivity contribution is 6.00. The maximum absolute atomic E-state index is 13.4. The van der Waals surface area contributed by atoms with Crippen LogP contribution < -0.4 is 4.90 Å². The molecule has 1 amide bonds. The minimum atomic E-state index is -4.50. The molecule has 28 heavy (non-hydrogen) atoms. The number of aryl methyl sites for hydroxylation is 1. The van der Waals surface area contributed by atoms with Crippen molar-refractivity contribution in [1.29, 1.82) is 0 Å². The number of anilines is 1. The molecule has 0 aromatic heterocycles. The minimum Gasteiger partial charge on any atom is -0.390 e. The van der Waals surface area contributed by atoms with Crippen LogP contribution in [0.2, 0.25) is 0 Å². The summed E-state index contributed by atoms with van der Waals surface area (Å²) < 4.78 is 52.5. The molecule has 2 bridgehead atoms. The number of hydrogen-bond acceptors (Lipinski definition) is 4. The molecule has 6 atom stereocenters. The molecule has 4 heterocycles. The zero-order chi connectivity index (χ0) is 20.1. The smallest absolute Gasteiger partial charge is 0.390 e. The molecule has 0 saturated carbocycles. The molecule has 1 aromatic carbocycles. The van der Waals surface area contributed by atoms with E-state index in [0.717, 1.165) is 6.07 Å². The van der Waals surface area contributed by atoms with Gasteiger partial charge in [-0.05, 0) is 31.0 Å². The van der Waals surface area contributed by atoms with Crippen molar-refractivity contribution in [1.82, 2.24) is 0 Å². The largest absolute Gasteiger partial charge is 0.416 e. The van der Waals surface area contributed by atoms with Gasteiger partial charge in [-0.25, -0.2) is 0 Å². The summed E-state index contributed by atoms with van der Waals surface area (Å²) in [7, 11) is 0. The lowest BCUT2D eigenvalue weighted by Gasteiger charge is -2.42. The second-order valence-corrected chi connectivity index (χ2v) is 8.42. The summed E-state index contributed by atoms with van der Waals surface area (Å²) in [6.45, 7) is 3.61. The van der Waals surface area contributed by atoms with E-state index in [4.69, 9.17) is 9.47 Å². The lowest BCUT2D eigenvalue weighted by atomic mass is 9.64. The molecule has 152 valence electrons. The molecule has 4 fully saturated rings. The Labute approximate surface area is 160 Å². The van der Waals surface area contributed by atoms with Gasteiger partial charge in [0.2, 0.25) is 5.91 Å². The van der Waals surface area contributed by atoms with Crippen LogP contribution in [0, 0.1) is 18.8 Å². The Morgan fingerprint density at radius 1 is 1.36 bits per heavy atom. The highest BCUT2D eigenvalue weighted by Crippen LogP contribution is 2.66. The molecule has 1 N–H and O–H groups in total. The molecule has 5 nitrogen and oxygen atoms in total. The van der Waals surface area contributed by atoms with Crippen LogP contribution in [0.4, 0.5) is 18.9 Å². The number of hydrogen-bond donors (Lipinski definition) is 1. The van der Waals surface area contributed by atoms with Gasteiger partial charge in [-0.3, -0.25) is 9.69 Å². The Balaban J connectivity index is 1.62. The van der Waals surface area contributed by atoms with Gasteiger partial charge in [-0.15, -0.1) is 0 Å². The summed E-state index contributed by atoms with van der Waals surface area (Å²) in [5, 5.41) is 10.7. The first-order valence-electron chi connectivity index (χ1n) is 9.65. The predicted octanol–water partition coefficient (Wildman–Crippen LogP) is 3.02. The number of nitrogens with zero attached hydrogens (tertiary/aromatic N) is 1. The monoisotopic (exact) mass is 397 g/mol. The van der Waals surface area contributed by atoms with Crippen LogP contribution in [0.1, 0.15) is 37.3 Å². The number of alkyl halides is 3. The molecule has 0 radical (unpaired) electrons. The zero-order valence-corrected chi connectivity index (χ0v) is 15.6. The van der Waals surface area contributed by atoms with Gasteiger partial charge in [-0.1, -0.05) is 13.0 Å². The van der Waals surface area contributed by atoms with E-state index in [0.29, 0.717) is 25.9 Å². The maximum atomic E-state index is 13.4. The summed E-state index contributed by atoms with van der Waals surface area (Å²) in [4.78, 5) is 14.8. The van der Waals surface area contributed by atoms with Gasteiger partial charge in [0.25, 0.3) is 0 Å². The number of carbonyl (C=O) groups is 1. The molecule has 0 aliphatic carbocycles. The minimum absolute atomic E-state index is 0.105. The first kappa shape index (κ1) is 18.4. The van der Waals surface area contributed by atoms with E-state index in [-0.39, 0.29) is 23.1 Å². The molecular weight excluding hydrogens is 375 g/mol. The number of amides is 1. The van der Waals surface area contributed by atoms with Crippen LogP contribution in [-0.2, 0) is 20.4 Å². The van der Waals surface area contributed by atoms with Gasteiger partial charge >= 0.3 is 6.18 Å². The molecular formula is C20H22F3NO4. The summed E-state index contributed by atoms with van der Waals surface area (Å²) in [6.07, 6.45) is -4.46. The van der Waals surface area contributed by atoms with E-state index >= 15 is 0 Å². The van der Waals surface area contributed by atoms with Crippen LogP contribution in [0.15, 0.2) is 18.2 Å². The van der Waals surface area contributed by atoms with Crippen molar-refractivity contribution in [3.05, 3.63) is 29.3 Å². The van der Waals surface area contributed by atoms with E-state index < -0.39 is 41.2 Å². The van der Waals surface area contributed by atoms with Gasteiger partial charge in [-0.2, -0.15) is 13.2 Å². The summed E-state index contributed by atoms with van der Waals surface area (Å²) in [6, 6.07) is 3.94. The second-order valence-electron chi connectivity index (χ2n) is 8.42. The third-order valence-corrected chi connectivity index (χ3v) is 7.23. The first-order chi connectivity index (χ1) is 13.1. The van der Waals surface area contributed by atoms with Crippen molar-refractivity contribution < 1.29 is 32.5 Å². The fourth-order valence-electron chi connectivity index (χ4n) is 6.01. The Bertz CT molecular complexity index is 858. The quantitative estimate of drug-likeness (QED) is 0.834. The van der Waals surface area contributed by atoms with Crippen molar-refractivity contribution in [2.45, 2.75) is 62.8 Å². The van der Waals surface area contributed by atoms with Gasteiger partial charge < -0.3 is 14.6 Å². The van der Waals surface area contributed by atoms with Crippen molar-refractivity contribution in [2.75, 3.05) is 11.5 Å². The number of aliphatic hydroxyl groups excluding tert-OH is 1. The van der Waals surface area contributed by atoms with Gasteiger partial charge in [0.1, 0.15) is 11.8 Å². The molecule has 1 spiro atoms. The summed E-state index contributed by atoms with van der Waals surface area (Å²) >= 11 is 0. The van der Waals surface area contributed by atoms with E-state index in [1.807, 2.05) is 6.92 Å². The van der Waals surface area contributed by atoms with Gasteiger partial charge in [0, 0.05) is 24.4 Å². The number of ether oxygens (including phenoxy) is 2. The fraction of sp³-hybridized carbons (Fsp3) is 0.650. The number of benzene rings is 1. The summed E-state index contributed by atoms with van der Waals surface area (Å²) in [5.41, 5.74) is -2.11. The highest BCUT2D eigenvalue weighted by Gasteiger charge is 2.78. The van der Waals surface area contributed by atoms with Crippen molar-refractivity contribution in [3.8, 4) is 0 Å². The van der Waals surface area contributed by atoms with Crippen molar-refractivity contribution in [3.63, 3.8) is 0 Å². The molecule has 4 aliphatic rings. The highest BCUT2D eigenvalue weighted by atomic mass is 19.4. The lowest BCUT2D eigenvalue weighted by Crippen LogP contribution is -2.53. The normalized spacial score (nSPS) is 41.6. The molecule has 4 aliphatic heterocycles. The fourth-order valence-corrected chi connectivity index (χ4v) is 6.01. The van der Waals surface area contributed by atoms with Crippen molar-refractivity contribution >= 4 is 11.6 Å². The topological polar surface area (TPSA) is 59.0 Å². The van der Waals surface area contributed by atoms with Crippen molar-refractivity contribution in [2.24, 2.45) is 11.8 Å². The third kappa shape index (κ3) is 2.06. The van der Waals surface area contributed by atoms with Crippen LogP contribution >= 0.6 is 0 Å². The number of rotatable bonds is 2. The Morgan fingerprint density at radius 2 is 2.11 bits per heavy atom. The lowest BCUT2D eigenvalue weighted by molar-refractivity contribution is -0.147.